The van der Waals surface area contributed by atoms with E-state index in [1.165, 1.54) is 29.7 Å². The average Bonchev–Trinajstić information content (AvgIpc) is 2.83. The van der Waals surface area contributed by atoms with Crippen LogP contribution in [0.4, 0.5) is 0 Å². The second-order valence-electron chi connectivity index (χ2n) is 3.22. The molecule has 1 aromatic heterocycles. The van der Waals surface area contributed by atoms with Crippen LogP contribution in [0.15, 0.2) is 57.2 Å². The molecule has 0 unspecified atom stereocenters. The maximum Gasteiger partial charge on any atom is 0.276 e. The monoisotopic (exact) mass is 266 g/mol. The van der Waals surface area contributed by atoms with Crippen LogP contribution in [0, 0.1) is 0 Å². The molecule has 0 aliphatic rings. The molecule has 0 radical (unpaired) electrons. The number of hydrazone groups is 1. The number of nitrogens with zero attached hydrogens (tertiary/aromatic N) is 1. The minimum Gasteiger partial charge on any atom is -0.200 e. The molecule has 88 valence electrons. The van der Waals surface area contributed by atoms with E-state index in [0.717, 1.165) is 5.56 Å². The number of thiophene rings is 1. The Labute approximate surface area is 104 Å². The smallest absolute Gasteiger partial charge is 0.200 e. The maximum absolute atomic E-state index is 11.7. The quantitative estimate of drug-likeness (QED) is 0.680. The van der Waals surface area contributed by atoms with Gasteiger partial charge in [-0.1, -0.05) is 18.2 Å². The Balaban J connectivity index is 2.09. The highest BCUT2D eigenvalue weighted by Crippen LogP contribution is 2.07. The summed E-state index contributed by atoms with van der Waals surface area (Å²) < 4.78 is 23.5. The van der Waals surface area contributed by atoms with Crippen molar-refractivity contribution in [2.24, 2.45) is 5.10 Å². The van der Waals surface area contributed by atoms with Crippen molar-refractivity contribution in [3.63, 3.8) is 0 Å². The van der Waals surface area contributed by atoms with Gasteiger partial charge in [0.1, 0.15) is 0 Å². The average molecular weight is 266 g/mol. The Kier molecular flexibility index (Phi) is 3.55. The van der Waals surface area contributed by atoms with Crippen LogP contribution in [0.2, 0.25) is 0 Å². The van der Waals surface area contributed by atoms with Crippen LogP contribution in [0.5, 0.6) is 0 Å². The topological polar surface area (TPSA) is 58.5 Å². The van der Waals surface area contributed by atoms with Gasteiger partial charge in [0.2, 0.25) is 0 Å². The van der Waals surface area contributed by atoms with Crippen molar-refractivity contribution >= 4 is 27.6 Å². The van der Waals surface area contributed by atoms with Gasteiger partial charge in [-0.15, -0.1) is 0 Å². The summed E-state index contributed by atoms with van der Waals surface area (Å²) in [6.07, 6.45) is 1.47. The molecule has 0 saturated heterocycles. The fourth-order valence-corrected chi connectivity index (χ4v) is 2.59. The van der Waals surface area contributed by atoms with Gasteiger partial charge >= 0.3 is 0 Å². The molecule has 1 N–H and O–H groups in total. The zero-order valence-corrected chi connectivity index (χ0v) is 10.4. The van der Waals surface area contributed by atoms with Gasteiger partial charge in [-0.05, 0) is 29.0 Å². The van der Waals surface area contributed by atoms with E-state index in [2.05, 4.69) is 9.93 Å². The minimum atomic E-state index is -3.56. The van der Waals surface area contributed by atoms with Gasteiger partial charge in [-0.25, -0.2) is 4.83 Å². The summed E-state index contributed by atoms with van der Waals surface area (Å²) in [6, 6.07) is 9.97. The van der Waals surface area contributed by atoms with Crippen LogP contribution in [0.25, 0.3) is 0 Å². The second-order valence-corrected chi connectivity index (χ2v) is 5.66. The summed E-state index contributed by atoms with van der Waals surface area (Å²) in [5, 5.41) is 7.48. The minimum absolute atomic E-state index is 0.197. The molecule has 4 nitrogen and oxygen atoms in total. The third kappa shape index (κ3) is 3.15. The summed E-state index contributed by atoms with van der Waals surface area (Å²) in [6.45, 7) is 0. The molecule has 0 aliphatic carbocycles. The van der Waals surface area contributed by atoms with E-state index < -0.39 is 10.0 Å². The highest BCUT2D eigenvalue weighted by Gasteiger charge is 2.10. The Morgan fingerprint density at radius 2 is 1.94 bits per heavy atom. The van der Waals surface area contributed by atoms with E-state index in [1.54, 1.807) is 18.2 Å². The van der Waals surface area contributed by atoms with Crippen LogP contribution in [0.1, 0.15) is 5.56 Å². The van der Waals surface area contributed by atoms with E-state index in [9.17, 15) is 8.42 Å². The third-order valence-corrected chi connectivity index (χ3v) is 3.92. The summed E-state index contributed by atoms with van der Waals surface area (Å²) in [5.41, 5.74) is 0.866. The summed E-state index contributed by atoms with van der Waals surface area (Å²) in [7, 11) is -3.56. The first-order valence-electron chi connectivity index (χ1n) is 4.80. The first-order valence-corrected chi connectivity index (χ1v) is 7.23. The molecule has 0 bridgehead atoms. The van der Waals surface area contributed by atoms with Crippen LogP contribution >= 0.6 is 11.3 Å². The molecule has 17 heavy (non-hydrogen) atoms. The van der Waals surface area contributed by atoms with Gasteiger partial charge in [0.15, 0.2) is 0 Å². The predicted octanol–water partition coefficient (Wildman–Crippen LogP) is 2.06. The van der Waals surface area contributed by atoms with E-state index in [-0.39, 0.29) is 4.90 Å². The lowest BCUT2D eigenvalue weighted by molar-refractivity contribution is 0.584. The van der Waals surface area contributed by atoms with Crippen molar-refractivity contribution in [1.82, 2.24) is 4.83 Å². The fourth-order valence-electron chi connectivity index (χ4n) is 1.17. The first-order chi connectivity index (χ1) is 8.18. The second kappa shape index (κ2) is 5.11. The fraction of sp³-hybridized carbons (Fsp3) is 0. The van der Waals surface area contributed by atoms with Gasteiger partial charge in [0, 0.05) is 5.56 Å². The molecular weight excluding hydrogens is 256 g/mol. The third-order valence-electron chi connectivity index (χ3n) is 1.98. The zero-order chi connectivity index (χ0) is 12.1. The largest absolute Gasteiger partial charge is 0.276 e. The van der Waals surface area contributed by atoms with Gasteiger partial charge < -0.3 is 0 Å². The Morgan fingerprint density at radius 1 is 1.18 bits per heavy atom. The Hall–Kier alpha value is -1.66. The predicted molar refractivity (Wildman–Crippen MR) is 68.7 cm³/mol. The Bertz CT molecular complexity index is 590. The van der Waals surface area contributed by atoms with Crippen molar-refractivity contribution in [2.75, 3.05) is 0 Å². The summed E-state index contributed by atoms with van der Waals surface area (Å²) in [4.78, 5) is 2.36. The lowest BCUT2D eigenvalue weighted by atomic mass is 10.4. The standard InChI is InChI=1S/C11H10N2O2S2/c14-17(15,11-4-2-1-3-5-11)13-12-8-10-6-7-16-9-10/h1-9,13H/b12-8-. The molecule has 2 aromatic rings. The maximum atomic E-state index is 11.7. The number of hydrogen-bond acceptors (Lipinski definition) is 4. The van der Waals surface area contributed by atoms with Crippen LogP contribution in [0.3, 0.4) is 0 Å². The molecule has 0 aliphatic heterocycles. The highest BCUT2D eigenvalue weighted by molar-refractivity contribution is 7.89. The van der Waals surface area contributed by atoms with Crippen molar-refractivity contribution < 1.29 is 8.42 Å². The number of rotatable bonds is 4. The van der Waals surface area contributed by atoms with Crippen molar-refractivity contribution in [3.05, 3.63) is 52.7 Å². The molecule has 0 atom stereocenters. The molecular formula is C11H10N2O2S2. The lowest BCUT2D eigenvalue weighted by Crippen LogP contribution is -2.18. The number of sulfonamides is 1. The van der Waals surface area contributed by atoms with Crippen molar-refractivity contribution in [1.29, 1.82) is 0 Å². The molecule has 1 heterocycles. The van der Waals surface area contributed by atoms with Gasteiger partial charge in [0.05, 0.1) is 11.1 Å². The van der Waals surface area contributed by atoms with Gasteiger partial charge in [-0.2, -0.15) is 24.9 Å². The van der Waals surface area contributed by atoms with Crippen LogP contribution in [-0.2, 0) is 10.0 Å². The van der Waals surface area contributed by atoms with E-state index in [1.807, 2.05) is 16.8 Å². The van der Waals surface area contributed by atoms with Gasteiger partial charge in [-0.3, -0.25) is 0 Å². The summed E-state index contributed by atoms with van der Waals surface area (Å²) >= 11 is 1.53. The zero-order valence-electron chi connectivity index (χ0n) is 8.78. The van der Waals surface area contributed by atoms with E-state index in [4.69, 9.17) is 0 Å². The van der Waals surface area contributed by atoms with E-state index in [0.29, 0.717) is 0 Å². The normalized spacial score (nSPS) is 11.8. The lowest BCUT2D eigenvalue weighted by Gasteiger charge is -2.01. The molecule has 0 saturated carbocycles. The first kappa shape index (κ1) is 11.8. The number of hydrogen-bond donors (Lipinski definition) is 1. The number of nitrogens with one attached hydrogen (secondary N) is 1. The van der Waals surface area contributed by atoms with Crippen molar-refractivity contribution in [3.8, 4) is 0 Å². The SMILES string of the molecule is O=S(=O)(N/N=C\c1ccsc1)c1ccccc1. The van der Waals surface area contributed by atoms with E-state index >= 15 is 0 Å². The highest BCUT2D eigenvalue weighted by atomic mass is 32.2. The van der Waals surface area contributed by atoms with Crippen LogP contribution in [-0.4, -0.2) is 14.6 Å². The molecule has 1 aromatic carbocycles. The van der Waals surface area contributed by atoms with Crippen LogP contribution < -0.4 is 4.83 Å². The summed E-state index contributed by atoms with van der Waals surface area (Å²) in [5.74, 6) is 0. The molecule has 6 heteroatoms. The molecule has 0 amide bonds. The molecule has 0 spiro atoms. The van der Waals surface area contributed by atoms with Gasteiger partial charge in [0.25, 0.3) is 10.0 Å². The van der Waals surface area contributed by atoms with Crippen molar-refractivity contribution in [2.45, 2.75) is 4.90 Å². The Morgan fingerprint density at radius 3 is 2.59 bits per heavy atom. The molecule has 0 fully saturated rings. The molecule has 2 rings (SSSR count). The number of benzene rings is 1.